The van der Waals surface area contributed by atoms with Crippen molar-refractivity contribution in [2.24, 2.45) is 5.92 Å². The van der Waals surface area contributed by atoms with Gasteiger partial charge in [0.05, 0.1) is 12.6 Å². The van der Waals surface area contributed by atoms with Crippen LogP contribution in [0.5, 0.6) is 0 Å². The highest BCUT2D eigenvalue weighted by atomic mass is 15.6. The molecule has 5 heteroatoms. The van der Waals surface area contributed by atoms with Crippen molar-refractivity contribution in [3.63, 3.8) is 0 Å². The smallest absolute Gasteiger partial charge is 0.165 e. The van der Waals surface area contributed by atoms with Crippen LogP contribution < -0.4 is 5.32 Å². The number of hydrogen-bond acceptors (Lipinski definition) is 4. The number of hydrogen-bond donors (Lipinski definition) is 1. The second kappa shape index (κ2) is 5.39. The first-order valence-electron chi connectivity index (χ1n) is 6.26. The summed E-state index contributed by atoms with van der Waals surface area (Å²) in [6.45, 7) is 3.04. The van der Waals surface area contributed by atoms with Gasteiger partial charge in [0.15, 0.2) is 5.82 Å². The third kappa shape index (κ3) is 2.40. The SMILES string of the molecule is CCC1CCC(n2nnnc2CNC)CC1. The van der Waals surface area contributed by atoms with E-state index >= 15 is 0 Å². The third-order valence-electron chi connectivity index (χ3n) is 3.64. The third-order valence-corrected chi connectivity index (χ3v) is 3.64. The van der Waals surface area contributed by atoms with E-state index < -0.39 is 0 Å². The molecule has 0 bridgehead atoms. The molecule has 1 N–H and O–H groups in total. The van der Waals surface area contributed by atoms with Crippen molar-refractivity contribution in [3.8, 4) is 0 Å². The second-order valence-corrected chi connectivity index (χ2v) is 4.65. The predicted octanol–water partition coefficient (Wildman–Crippen LogP) is 1.53. The van der Waals surface area contributed by atoms with Crippen LogP contribution >= 0.6 is 0 Å². The molecule has 1 saturated carbocycles. The summed E-state index contributed by atoms with van der Waals surface area (Å²) in [7, 11) is 1.92. The topological polar surface area (TPSA) is 55.6 Å². The number of tetrazole rings is 1. The quantitative estimate of drug-likeness (QED) is 0.841. The molecule has 1 aromatic rings. The first-order chi connectivity index (χ1) is 7.85. The minimum absolute atomic E-state index is 0.515. The highest BCUT2D eigenvalue weighted by Crippen LogP contribution is 2.33. The summed E-state index contributed by atoms with van der Waals surface area (Å²) >= 11 is 0. The van der Waals surface area contributed by atoms with Crippen molar-refractivity contribution in [1.82, 2.24) is 25.5 Å². The lowest BCUT2D eigenvalue weighted by Gasteiger charge is -2.28. The van der Waals surface area contributed by atoms with Gasteiger partial charge in [-0.25, -0.2) is 4.68 Å². The lowest BCUT2D eigenvalue weighted by atomic mass is 9.84. The van der Waals surface area contributed by atoms with E-state index in [1.54, 1.807) is 0 Å². The Kier molecular flexibility index (Phi) is 3.88. The van der Waals surface area contributed by atoms with Crippen molar-refractivity contribution in [3.05, 3.63) is 5.82 Å². The van der Waals surface area contributed by atoms with Gasteiger partial charge < -0.3 is 5.32 Å². The molecular formula is C11H21N5. The molecule has 16 heavy (non-hydrogen) atoms. The van der Waals surface area contributed by atoms with Crippen LogP contribution in [0.25, 0.3) is 0 Å². The Labute approximate surface area is 96.6 Å². The van der Waals surface area contributed by atoms with Gasteiger partial charge in [-0.05, 0) is 49.1 Å². The van der Waals surface area contributed by atoms with Crippen LogP contribution in [-0.4, -0.2) is 27.3 Å². The Morgan fingerprint density at radius 1 is 1.31 bits per heavy atom. The molecule has 5 nitrogen and oxygen atoms in total. The molecule has 1 aromatic heterocycles. The maximum absolute atomic E-state index is 4.12. The standard InChI is InChI=1S/C11H21N5/c1-3-9-4-6-10(7-5-9)16-11(8-12-2)13-14-15-16/h9-10,12H,3-8H2,1-2H3. The largest absolute Gasteiger partial charge is 0.313 e. The van der Waals surface area contributed by atoms with E-state index in [0.717, 1.165) is 18.3 Å². The highest BCUT2D eigenvalue weighted by Gasteiger charge is 2.23. The normalized spacial score (nSPS) is 25.9. The van der Waals surface area contributed by atoms with Crippen molar-refractivity contribution in [2.75, 3.05) is 7.05 Å². The molecule has 0 amide bonds. The number of rotatable bonds is 4. The van der Waals surface area contributed by atoms with Crippen molar-refractivity contribution >= 4 is 0 Å². The van der Waals surface area contributed by atoms with Gasteiger partial charge in [-0.3, -0.25) is 0 Å². The first-order valence-corrected chi connectivity index (χ1v) is 6.26. The predicted molar refractivity (Wildman–Crippen MR) is 61.9 cm³/mol. The zero-order valence-electron chi connectivity index (χ0n) is 10.2. The van der Waals surface area contributed by atoms with Crippen LogP contribution in [0.3, 0.4) is 0 Å². The summed E-state index contributed by atoms with van der Waals surface area (Å²) < 4.78 is 2.02. The lowest BCUT2D eigenvalue weighted by molar-refractivity contribution is 0.249. The van der Waals surface area contributed by atoms with Crippen LogP contribution in [0.15, 0.2) is 0 Å². The van der Waals surface area contributed by atoms with E-state index in [4.69, 9.17) is 0 Å². The van der Waals surface area contributed by atoms with Crippen LogP contribution in [0.4, 0.5) is 0 Å². The molecule has 0 atom stereocenters. The van der Waals surface area contributed by atoms with Crippen molar-refractivity contribution in [1.29, 1.82) is 0 Å². The fourth-order valence-corrected chi connectivity index (χ4v) is 2.57. The molecule has 0 spiro atoms. The van der Waals surface area contributed by atoms with Gasteiger partial charge in [0.1, 0.15) is 0 Å². The molecule has 0 unspecified atom stereocenters. The van der Waals surface area contributed by atoms with Crippen LogP contribution in [0.1, 0.15) is 50.9 Å². The summed E-state index contributed by atoms with van der Waals surface area (Å²) in [5.74, 6) is 1.88. The Bertz CT molecular complexity index is 314. The van der Waals surface area contributed by atoms with Gasteiger partial charge in [0.25, 0.3) is 0 Å². The molecule has 1 aliphatic rings. The summed E-state index contributed by atoms with van der Waals surface area (Å²) in [5.41, 5.74) is 0. The van der Waals surface area contributed by atoms with Gasteiger partial charge in [-0.1, -0.05) is 13.3 Å². The Morgan fingerprint density at radius 3 is 2.69 bits per heavy atom. The second-order valence-electron chi connectivity index (χ2n) is 4.65. The fraction of sp³-hybridized carbons (Fsp3) is 0.909. The number of aromatic nitrogens is 4. The molecule has 0 aromatic carbocycles. The zero-order chi connectivity index (χ0) is 11.4. The molecule has 0 saturated heterocycles. The molecule has 2 rings (SSSR count). The van der Waals surface area contributed by atoms with Crippen LogP contribution in [-0.2, 0) is 6.54 Å². The fourth-order valence-electron chi connectivity index (χ4n) is 2.57. The highest BCUT2D eigenvalue weighted by molar-refractivity contribution is 4.86. The summed E-state index contributed by atoms with van der Waals surface area (Å²) in [6, 6.07) is 0.515. The molecule has 1 fully saturated rings. The minimum atomic E-state index is 0.515. The Morgan fingerprint density at radius 2 is 2.06 bits per heavy atom. The van der Waals surface area contributed by atoms with E-state index in [-0.39, 0.29) is 0 Å². The summed E-state index contributed by atoms with van der Waals surface area (Å²) in [5, 5.41) is 15.1. The molecule has 0 aliphatic heterocycles. The maximum Gasteiger partial charge on any atom is 0.165 e. The van der Waals surface area contributed by atoms with Gasteiger partial charge in [-0.15, -0.1) is 5.10 Å². The van der Waals surface area contributed by atoms with Gasteiger partial charge >= 0.3 is 0 Å². The number of nitrogens with one attached hydrogen (secondary N) is 1. The van der Waals surface area contributed by atoms with Crippen molar-refractivity contribution < 1.29 is 0 Å². The minimum Gasteiger partial charge on any atom is -0.313 e. The van der Waals surface area contributed by atoms with Crippen LogP contribution in [0, 0.1) is 5.92 Å². The first kappa shape index (κ1) is 11.5. The molecule has 90 valence electrons. The zero-order valence-corrected chi connectivity index (χ0v) is 10.2. The average molecular weight is 223 g/mol. The lowest BCUT2D eigenvalue weighted by Crippen LogP contribution is -2.22. The molecule has 1 heterocycles. The maximum atomic E-state index is 4.12. The van der Waals surface area contributed by atoms with E-state index in [0.29, 0.717) is 6.04 Å². The van der Waals surface area contributed by atoms with E-state index in [1.165, 1.54) is 32.1 Å². The van der Waals surface area contributed by atoms with E-state index in [2.05, 4.69) is 27.8 Å². The van der Waals surface area contributed by atoms with Gasteiger partial charge in [0.2, 0.25) is 0 Å². The molecule has 0 radical (unpaired) electrons. The van der Waals surface area contributed by atoms with Gasteiger partial charge in [-0.2, -0.15) is 0 Å². The summed E-state index contributed by atoms with van der Waals surface area (Å²) in [6.07, 6.45) is 6.40. The Balaban J connectivity index is 1.99. The van der Waals surface area contributed by atoms with E-state index in [9.17, 15) is 0 Å². The molecular weight excluding hydrogens is 202 g/mol. The van der Waals surface area contributed by atoms with Gasteiger partial charge in [0, 0.05) is 0 Å². The van der Waals surface area contributed by atoms with E-state index in [1.807, 2.05) is 11.7 Å². The average Bonchev–Trinajstić information content (AvgIpc) is 2.78. The molecule has 1 aliphatic carbocycles. The van der Waals surface area contributed by atoms with Crippen LogP contribution in [0.2, 0.25) is 0 Å². The van der Waals surface area contributed by atoms with Crippen molar-refractivity contribution in [2.45, 2.75) is 51.6 Å². The monoisotopic (exact) mass is 223 g/mol. The summed E-state index contributed by atoms with van der Waals surface area (Å²) in [4.78, 5) is 0. The Hall–Kier alpha value is -0.970. The number of nitrogens with zero attached hydrogens (tertiary/aromatic N) is 4.